The van der Waals surface area contributed by atoms with Crippen molar-refractivity contribution in [1.82, 2.24) is 15.2 Å². The number of carbonyl (C=O) groups excluding carboxylic acids is 2. The molecule has 0 spiro atoms. The van der Waals surface area contributed by atoms with E-state index in [1.165, 1.54) is 11.3 Å². The van der Waals surface area contributed by atoms with Crippen molar-refractivity contribution >= 4 is 34.8 Å². The van der Waals surface area contributed by atoms with Gasteiger partial charge in [-0.15, -0.1) is 11.3 Å². The third-order valence-corrected chi connectivity index (χ3v) is 6.17. The predicted molar refractivity (Wildman–Crippen MR) is 115 cm³/mol. The molecular formula is C21H26ClN3O3S. The Kier molecular flexibility index (Phi) is 7.14. The SMILES string of the molecule is Cc1nc(COc2ccc(Cl)cc2)sc1C(=O)N1CCC(C(=O)NC(C)C)CC1. The molecule has 0 bridgehead atoms. The highest BCUT2D eigenvalue weighted by atomic mass is 35.5. The van der Waals surface area contributed by atoms with Gasteiger partial charge in [-0.25, -0.2) is 4.98 Å². The van der Waals surface area contributed by atoms with E-state index < -0.39 is 0 Å². The van der Waals surface area contributed by atoms with Crippen LogP contribution in [-0.2, 0) is 11.4 Å². The summed E-state index contributed by atoms with van der Waals surface area (Å²) in [6.07, 6.45) is 1.38. The van der Waals surface area contributed by atoms with Gasteiger partial charge in [-0.1, -0.05) is 11.6 Å². The minimum Gasteiger partial charge on any atom is -0.486 e. The van der Waals surface area contributed by atoms with Crippen molar-refractivity contribution in [2.75, 3.05) is 13.1 Å². The molecule has 0 radical (unpaired) electrons. The first-order chi connectivity index (χ1) is 13.8. The zero-order valence-electron chi connectivity index (χ0n) is 16.9. The molecule has 0 aliphatic carbocycles. The highest BCUT2D eigenvalue weighted by molar-refractivity contribution is 7.13. The molecule has 2 aromatic rings. The number of hydrogen-bond acceptors (Lipinski definition) is 5. The van der Waals surface area contributed by atoms with Gasteiger partial charge in [0.05, 0.1) is 5.69 Å². The van der Waals surface area contributed by atoms with Crippen molar-refractivity contribution in [1.29, 1.82) is 0 Å². The fourth-order valence-corrected chi connectivity index (χ4v) is 4.35. The first kappa shape index (κ1) is 21.6. The van der Waals surface area contributed by atoms with Crippen molar-refractivity contribution in [3.05, 3.63) is 44.9 Å². The molecule has 0 unspecified atom stereocenters. The number of likely N-dealkylation sites (tertiary alicyclic amines) is 1. The van der Waals surface area contributed by atoms with Gasteiger partial charge in [0.2, 0.25) is 5.91 Å². The van der Waals surface area contributed by atoms with Gasteiger partial charge in [0, 0.05) is 30.1 Å². The number of nitrogens with one attached hydrogen (secondary N) is 1. The second-order valence-corrected chi connectivity index (χ2v) is 9.01. The van der Waals surface area contributed by atoms with Gasteiger partial charge < -0.3 is 15.0 Å². The molecule has 1 aliphatic rings. The maximum atomic E-state index is 12.9. The molecule has 1 aliphatic heterocycles. The van der Waals surface area contributed by atoms with Gasteiger partial charge >= 0.3 is 0 Å². The molecule has 8 heteroatoms. The molecule has 1 N–H and O–H groups in total. The number of halogens is 1. The normalized spacial score (nSPS) is 14.9. The molecule has 1 aromatic heterocycles. The van der Waals surface area contributed by atoms with Crippen molar-refractivity contribution in [2.24, 2.45) is 5.92 Å². The van der Waals surface area contributed by atoms with E-state index in [1.807, 2.05) is 25.7 Å². The Morgan fingerprint density at radius 1 is 1.28 bits per heavy atom. The van der Waals surface area contributed by atoms with Gasteiger partial charge in [-0.05, 0) is 57.9 Å². The highest BCUT2D eigenvalue weighted by Gasteiger charge is 2.29. The van der Waals surface area contributed by atoms with Crippen LogP contribution in [0.4, 0.5) is 0 Å². The minimum atomic E-state index is -0.0210. The number of aromatic nitrogens is 1. The van der Waals surface area contributed by atoms with Crippen LogP contribution in [0, 0.1) is 12.8 Å². The van der Waals surface area contributed by atoms with E-state index in [0.29, 0.717) is 48.2 Å². The van der Waals surface area contributed by atoms with Crippen LogP contribution >= 0.6 is 22.9 Å². The summed E-state index contributed by atoms with van der Waals surface area (Å²) in [5, 5.41) is 4.37. The topological polar surface area (TPSA) is 71.5 Å². The van der Waals surface area contributed by atoms with E-state index in [9.17, 15) is 9.59 Å². The predicted octanol–water partition coefficient (Wildman–Crippen LogP) is 4.06. The summed E-state index contributed by atoms with van der Waals surface area (Å²) in [4.78, 5) is 32.1. The average molecular weight is 436 g/mol. The Balaban J connectivity index is 1.56. The molecule has 6 nitrogen and oxygen atoms in total. The van der Waals surface area contributed by atoms with E-state index in [0.717, 1.165) is 10.7 Å². The standard InChI is InChI=1S/C21H26ClN3O3S/c1-13(2)23-20(26)15-8-10-25(11-9-15)21(27)19-14(3)24-18(29-19)12-28-17-6-4-16(22)5-7-17/h4-7,13,15H,8-12H2,1-3H3,(H,23,26). The maximum absolute atomic E-state index is 12.9. The second-order valence-electron chi connectivity index (χ2n) is 7.49. The Hall–Kier alpha value is -2.12. The number of amides is 2. The lowest BCUT2D eigenvalue weighted by atomic mass is 9.95. The number of benzene rings is 1. The minimum absolute atomic E-state index is 0.0135. The van der Waals surface area contributed by atoms with Gasteiger partial charge in [-0.3, -0.25) is 9.59 Å². The largest absolute Gasteiger partial charge is 0.486 e. The number of ether oxygens (including phenoxy) is 1. The first-order valence-electron chi connectivity index (χ1n) is 9.78. The van der Waals surface area contributed by atoms with E-state index >= 15 is 0 Å². The molecule has 2 heterocycles. The van der Waals surface area contributed by atoms with Gasteiger partial charge in [0.25, 0.3) is 5.91 Å². The van der Waals surface area contributed by atoms with Crippen LogP contribution in [0.15, 0.2) is 24.3 Å². The molecule has 3 rings (SSSR count). The van der Waals surface area contributed by atoms with Crippen LogP contribution in [-0.4, -0.2) is 40.8 Å². The third kappa shape index (κ3) is 5.70. The molecule has 1 fully saturated rings. The van der Waals surface area contributed by atoms with Crippen molar-refractivity contribution < 1.29 is 14.3 Å². The fourth-order valence-electron chi connectivity index (χ4n) is 3.28. The summed E-state index contributed by atoms with van der Waals surface area (Å²) in [5.41, 5.74) is 0.717. The van der Waals surface area contributed by atoms with Crippen LogP contribution < -0.4 is 10.1 Å². The van der Waals surface area contributed by atoms with Gasteiger partial charge in [-0.2, -0.15) is 0 Å². The maximum Gasteiger partial charge on any atom is 0.265 e. The number of aryl methyl sites for hydroxylation is 1. The van der Waals surface area contributed by atoms with Crippen molar-refractivity contribution in [3.63, 3.8) is 0 Å². The third-order valence-electron chi connectivity index (χ3n) is 4.79. The fraction of sp³-hybridized carbons (Fsp3) is 0.476. The Bertz CT molecular complexity index is 859. The molecule has 1 saturated heterocycles. The number of piperidine rings is 1. The Morgan fingerprint density at radius 3 is 2.55 bits per heavy atom. The average Bonchev–Trinajstić information content (AvgIpc) is 3.07. The summed E-state index contributed by atoms with van der Waals surface area (Å²) in [5.74, 6) is 0.757. The van der Waals surface area contributed by atoms with Crippen LogP contribution in [0.2, 0.25) is 5.02 Å². The lowest BCUT2D eigenvalue weighted by molar-refractivity contribution is -0.126. The van der Waals surface area contributed by atoms with Gasteiger partial charge in [0.15, 0.2) is 0 Å². The monoisotopic (exact) mass is 435 g/mol. The Labute approximate surface area is 180 Å². The molecule has 29 heavy (non-hydrogen) atoms. The van der Waals surface area contributed by atoms with E-state index in [2.05, 4.69) is 10.3 Å². The Morgan fingerprint density at radius 2 is 1.93 bits per heavy atom. The summed E-state index contributed by atoms with van der Waals surface area (Å²) in [6.45, 7) is 7.23. The van der Waals surface area contributed by atoms with Crippen LogP contribution in [0.3, 0.4) is 0 Å². The lowest BCUT2D eigenvalue weighted by Gasteiger charge is -2.31. The number of nitrogens with zero attached hydrogens (tertiary/aromatic N) is 2. The van der Waals surface area contributed by atoms with Crippen molar-refractivity contribution in [2.45, 2.75) is 46.3 Å². The molecular weight excluding hydrogens is 410 g/mol. The van der Waals surface area contributed by atoms with E-state index in [1.54, 1.807) is 24.3 Å². The number of rotatable bonds is 6. The van der Waals surface area contributed by atoms with Gasteiger partial charge in [0.1, 0.15) is 22.2 Å². The van der Waals surface area contributed by atoms with Crippen LogP contribution in [0.25, 0.3) is 0 Å². The molecule has 156 valence electrons. The van der Waals surface area contributed by atoms with Crippen LogP contribution in [0.5, 0.6) is 5.75 Å². The van der Waals surface area contributed by atoms with Crippen LogP contribution in [0.1, 0.15) is 47.1 Å². The van der Waals surface area contributed by atoms with E-state index in [-0.39, 0.29) is 23.8 Å². The zero-order valence-corrected chi connectivity index (χ0v) is 18.5. The highest BCUT2D eigenvalue weighted by Crippen LogP contribution is 2.25. The summed E-state index contributed by atoms with van der Waals surface area (Å²) in [7, 11) is 0. The molecule has 0 saturated carbocycles. The number of hydrogen-bond donors (Lipinski definition) is 1. The molecule has 2 amide bonds. The number of thiazole rings is 1. The smallest absolute Gasteiger partial charge is 0.265 e. The summed E-state index contributed by atoms with van der Waals surface area (Å²) >= 11 is 7.25. The van der Waals surface area contributed by atoms with Crippen molar-refractivity contribution in [3.8, 4) is 5.75 Å². The van der Waals surface area contributed by atoms with E-state index in [4.69, 9.17) is 16.3 Å². The lowest BCUT2D eigenvalue weighted by Crippen LogP contribution is -2.44. The summed E-state index contributed by atoms with van der Waals surface area (Å²) in [6, 6.07) is 7.27. The quantitative estimate of drug-likeness (QED) is 0.742. The zero-order chi connectivity index (χ0) is 21.0. The molecule has 1 aromatic carbocycles. The first-order valence-corrected chi connectivity index (χ1v) is 11.0. The molecule has 0 atom stereocenters. The summed E-state index contributed by atoms with van der Waals surface area (Å²) < 4.78 is 5.73. The number of carbonyl (C=O) groups is 2. The second kappa shape index (κ2) is 9.59.